The average molecular weight is 438 g/mol. The molecule has 10 heteroatoms. The third-order valence-corrected chi connectivity index (χ3v) is 4.23. The number of esters is 2. The SMILES string of the molecule is CC(=O)OC(C(=O)OC(C)(C)C)C1OCCN(c2ccc(F)c(C(=O)N(C)C)c2)C1=O. The zero-order valence-corrected chi connectivity index (χ0v) is 18.4. The number of hydrogen-bond acceptors (Lipinski definition) is 7. The van der Waals surface area contributed by atoms with Gasteiger partial charge in [-0.15, -0.1) is 0 Å². The van der Waals surface area contributed by atoms with Crippen molar-refractivity contribution >= 4 is 29.4 Å². The number of carbonyl (C=O) groups excluding carboxylic acids is 4. The van der Waals surface area contributed by atoms with Crippen LogP contribution in [-0.4, -0.2) is 73.7 Å². The summed E-state index contributed by atoms with van der Waals surface area (Å²) < 4.78 is 30.0. The number of hydrogen-bond donors (Lipinski definition) is 0. The van der Waals surface area contributed by atoms with Crippen molar-refractivity contribution < 1.29 is 37.8 Å². The molecule has 1 aliphatic rings. The second-order valence-corrected chi connectivity index (χ2v) is 8.21. The number of morpholine rings is 1. The molecule has 2 atom stereocenters. The van der Waals surface area contributed by atoms with Gasteiger partial charge >= 0.3 is 11.9 Å². The van der Waals surface area contributed by atoms with Gasteiger partial charge < -0.3 is 24.0 Å². The number of nitrogens with zero attached hydrogens (tertiary/aromatic N) is 2. The predicted octanol–water partition coefficient (Wildman–Crippen LogP) is 1.53. The molecule has 2 rings (SSSR count). The van der Waals surface area contributed by atoms with Gasteiger partial charge in [-0.2, -0.15) is 0 Å². The molecule has 170 valence electrons. The zero-order valence-electron chi connectivity index (χ0n) is 18.4. The molecule has 1 fully saturated rings. The van der Waals surface area contributed by atoms with E-state index in [1.54, 1.807) is 20.8 Å². The van der Waals surface area contributed by atoms with E-state index in [0.717, 1.165) is 13.0 Å². The predicted molar refractivity (Wildman–Crippen MR) is 108 cm³/mol. The van der Waals surface area contributed by atoms with Crippen molar-refractivity contribution in [2.24, 2.45) is 0 Å². The number of ether oxygens (including phenoxy) is 3. The van der Waals surface area contributed by atoms with Gasteiger partial charge in [-0.25, -0.2) is 9.18 Å². The molecule has 1 aromatic rings. The topological polar surface area (TPSA) is 102 Å². The van der Waals surface area contributed by atoms with Crippen LogP contribution in [0.2, 0.25) is 0 Å². The number of anilines is 1. The third-order valence-electron chi connectivity index (χ3n) is 4.23. The Balaban J connectivity index is 2.36. The van der Waals surface area contributed by atoms with Gasteiger partial charge in [0, 0.05) is 33.3 Å². The monoisotopic (exact) mass is 438 g/mol. The Morgan fingerprint density at radius 2 is 1.90 bits per heavy atom. The lowest BCUT2D eigenvalue weighted by Crippen LogP contribution is -2.56. The van der Waals surface area contributed by atoms with Crippen LogP contribution >= 0.6 is 0 Å². The molecule has 0 bridgehead atoms. The summed E-state index contributed by atoms with van der Waals surface area (Å²) in [5.41, 5.74) is -0.844. The van der Waals surface area contributed by atoms with E-state index in [9.17, 15) is 23.6 Å². The van der Waals surface area contributed by atoms with Gasteiger partial charge in [-0.05, 0) is 39.0 Å². The molecule has 1 aliphatic heterocycles. The van der Waals surface area contributed by atoms with Crippen LogP contribution in [0.3, 0.4) is 0 Å². The minimum absolute atomic E-state index is 0.0192. The first-order valence-corrected chi connectivity index (χ1v) is 9.66. The van der Waals surface area contributed by atoms with E-state index in [1.165, 1.54) is 36.0 Å². The van der Waals surface area contributed by atoms with Crippen LogP contribution in [0.25, 0.3) is 0 Å². The Labute approximate surface area is 180 Å². The number of amides is 2. The highest BCUT2D eigenvalue weighted by Gasteiger charge is 2.44. The van der Waals surface area contributed by atoms with Crippen molar-refractivity contribution in [2.75, 3.05) is 32.1 Å². The summed E-state index contributed by atoms with van der Waals surface area (Å²) in [5, 5.41) is 0. The lowest BCUT2D eigenvalue weighted by molar-refractivity contribution is -0.188. The summed E-state index contributed by atoms with van der Waals surface area (Å²) in [6, 6.07) is 3.68. The van der Waals surface area contributed by atoms with Gasteiger partial charge in [0.2, 0.25) is 6.10 Å². The number of benzene rings is 1. The molecule has 0 radical (unpaired) electrons. The fourth-order valence-corrected chi connectivity index (χ4v) is 2.94. The van der Waals surface area contributed by atoms with E-state index >= 15 is 0 Å². The maximum Gasteiger partial charge on any atom is 0.351 e. The summed E-state index contributed by atoms with van der Waals surface area (Å²) in [4.78, 5) is 52.0. The summed E-state index contributed by atoms with van der Waals surface area (Å²) in [6.45, 7) is 6.11. The van der Waals surface area contributed by atoms with Gasteiger partial charge in [-0.3, -0.25) is 14.4 Å². The molecule has 0 aromatic heterocycles. The Kier molecular flexibility index (Phi) is 7.37. The standard InChI is InChI=1S/C21H27FN2O7/c1-12(25)30-17(20(28)31-21(2,3)4)16-19(27)24(9-10-29-16)13-7-8-15(22)14(11-13)18(26)23(5)6/h7-8,11,16-17H,9-10H2,1-6H3. The summed E-state index contributed by atoms with van der Waals surface area (Å²) >= 11 is 0. The molecule has 1 aromatic carbocycles. The molecule has 9 nitrogen and oxygen atoms in total. The second kappa shape index (κ2) is 9.42. The minimum Gasteiger partial charge on any atom is -0.457 e. The lowest BCUT2D eigenvalue weighted by atomic mass is 10.1. The summed E-state index contributed by atoms with van der Waals surface area (Å²) in [7, 11) is 2.96. The Hall–Kier alpha value is -3.01. The van der Waals surface area contributed by atoms with E-state index in [1.807, 2.05) is 0 Å². The van der Waals surface area contributed by atoms with Gasteiger partial charge in [0.1, 0.15) is 11.4 Å². The van der Waals surface area contributed by atoms with Crippen LogP contribution in [0.4, 0.5) is 10.1 Å². The van der Waals surface area contributed by atoms with E-state index in [0.29, 0.717) is 0 Å². The van der Waals surface area contributed by atoms with Crippen molar-refractivity contribution in [3.05, 3.63) is 29.6 Å². The molecule has 0 spiro atoms. The maximum absolute atomic E-state index is 14.2. The first kappa shape index (κ1) is 24.3. The van der Waals surface area contributed by atoms with Crippen molar-refractivity contribution in [1.82, 2.24) is 4.90 Å². The van der Waals surface area contributed by atoms with Gasteiger partial charge in [0.25, 0.3) is 11.8 Å². The average Bonchev–Trinajstić information content (AvgIpc) is 2.65. The minimum atomic E-state index is -1.62. The smallest absolute Gasteiger partial charge is 0.351 e. The molecule has 0 aliphatic carbocycles. The van der Waals surface area contributed by atoms with Gasteiger partial charge in [0.05, 0.1) is 12.2 Å². The van der Waals surface area contributed by atoms with Crippen LogP contribution in [0.5, 0.6) is 0 Å². The van der Waals surface area contributed by atoms with Crippen molar-refractivity contribution in [3.8, 4) is 0 Å². The van der Waals surface area contributed by atoms with Crippen LogP contribution in [-0.2, 0) is 28.6 Å². The Morgan fingerprint density at radius 3 is 2.45 bits per heavy atom. The highest BCUT2D eigenvalue weighted by Crippen LogP contribution is 2.25. The van der Waals surface area contributed by atoms with E-state index in [-0.39, 0.29) is 24.4 Å². The third kappa shape index (κ3) is 6.00. The number of carbonyl (C=O) groups is 4. The second-order valence-electron chi connectivity index (χ2n) is 8.21. The first-order chi connectivity index (χ1) is 14.3. The van der Waals surface area contributed by atoms with Crippen LogP contribution in [0, 0.1) is 5.82 Å². The maximum atomic E-state index is 14.2. The van der Waals surface area contributed by atoms with Crippen LogP contribution in [0.15, 0.2) is 18.2 Å². The van der Waals surface area contributed by atoms with Crippen molar-refractivity contribution in [1.29, 1.82) is 0 Å². The molecule has 0 saturated carbocycles. The fourth-order valence-electron chi connectivity index (χ4n) is 2.94. The Bertz CT molecular complexity index is 879. The van der Waals surface area contributed by atoms with E-state index < -0.39 is 47.4 Å². The zero-order chi connectivity index (χ0) is 23.5. The van der Waals surface area contributed by atoms with E-state index in [2.05, 4.69) is 0 Å². The number of rotatable bonds is 5. The molecule has 2 unspecified atom stereocenters. The normalized spacial score (nSPS) is 17.7. The van der Waals surface area contributed by atoms with Crippen LogP contribution in [0.1, 0.15) is 38.1 Å². The molecule has 1 saturated heterocycles. The van der Waals surface area contributed by atoms with Crippen molar-refractivity contribution in [3.63, 3.8) is 0 Å². The molecule has 2 amide bonds. The first-order valence-electron chi connectivity index (χ1n) is 9.66. The summed E-state index contributed by atoms with van der Waals surface area (Å²) in [6.07, 6.45) is -3.07. The fraction of sp³-hybridized carbons (Fsp3) is 0.524. The molecular weight excluding hydrogens is 411 g/mol. The van der Waals surface area contributed by atoms with Gasteiger partial charge in [-0.1, -0.05) is 0 Å². The molecule has 0 N–H and O–H groups in total. The van der Waals surface area contributed by atoms with Crippen LogP contribution < -0.4 is 4.90 Å². The number of halogens is 1. The van der Waals surface area contributed by atoms with E-state index in [4.69, 9.17) is 14.2 Å². The Morgan fingerprint density at radius 1 is 1.26 bits per heavy atom. The quantitative estimate of drug-likeness (QED) is 0.643. The summed E-state index contributed by atoms with van der Waals surface area (Å²) in [5.74, 6) is -3.69. The molecule has 31 heavy (non-hydrogen) atoms. The molecule has 1 heterocycles. The molecular formula is C21H27FN2O7. The highest BCUT2D eigenvalue weighted by molar-refractivity contribution is 6.02. The highest BCUT2D eigenvalue weighted by atomic mass is 19.1. The largest absolute Gasteiger partial charge is 0.457 e. The lowest BCUT2D eigenvalue weighted by Gasteiger charge is -2.35. The van der Waals surface area contributed by atoms with Crippen molar-refractivity contribution in [2.45, 2.75) is 45.5 Å². The van der Waals surface area contributed by atoms with Gasteiger partial charge in [0.15, 0.2) is 6.10 Å².